The molecule has 1 aliphatic carbocycles. The van der Waals surface area contributed by atoms with E-state index in [1.165, 1.54) is 12.1 Å². The number of amides is 1. The number of sulfonamides is 1. The van der Waals surface area contributed by atoms with Crippen molar-refractivity contribution in [2.24, 2.45) is 11.1 Å². The lowest BCUT2D eigenvalue weighted by Gasteiger charge is -2.34. The van der Waals surface area contributed by atoms with Crippen LogP contribution in [0.4, 0.5) is 0 Å². The Hall–Kier alpha value is -2.49. The van der Waals surface area contributed by atoms with Crippen molar-refractivity contribution in [1.29, 1.82) is 0 Å². The minimum atomic E-state index is -3.75. The number of piperazine rings is 1. The number of ketones is 1. The average molecular weight is 445 g/mol. The molecule has 2 N–H and O–H groups in total. The molecule has 8 nitrogen and oxygen atoms in total. The molecule has 1 aliphatic heterocycles. The maximum atomic E-state index is 13.0. The van der Waals surface area contributed by atoms with Crippen molar-refractivity contribution in [3.05, 3.63) is 47.3 Å². The lowest BCUT2D eigenvalue weighted by Crippen LogP contribution is -2.50. The Morgan fingerprint density at radius 2 is 1.65 bits per heavy atom. The van der Waals surface area contributed by atoms with Gasteiger partial charge in [0.25, 0.3) is 0 Å². The van der Waals surface area contributed by atoms with Crippen LogP contribution in [0.3, 0.4) is 0 Å². The van der Waals surface area contributed by atoms with Crippen molar-refractivity contribution in [2.45, 2.75) is 31.6 Å². The van der Waals surface area contributed by atoms with Crippen LogP contribution in [0.15, 0.2) is 35.2 Å². The largest absolute Gasteiger partial charge is 0.340 e. The number of hydrogen-bond acceptors (Lipinski definition) is 5. The van der Waals surface area contributed by atoms with Crippen LogP contribution in [-0.4, -0.2) is 67.2 Å². The SMILES string of the molecule is Cc1cc(C(=O)CN2CCN(C(=O)C3CC3)CC2)c(C)n1-c1ccc(S(N)(=O)=O)cc1. The second-order valence-corrected chi connectivity index (χ2v) is 10.0. The minimum Gasteiger partial charge on any atom is -0.340 e. The number of carbonyl (C=O) groups is 2. The van der Waals surface area contributed by atoms with E-state index in [0.717, 1.165) is 29.9 Å². The first-order chi connectivity index (χ1) is 14.6. The van der Waals surface area contributed by atoms with Crippen LogP contribution in [-0.2, 0) is 14.8 Å². The van der Waals surface area contributed by atoms with E-state index < -0.39 is 10.0 Å². The number of aromatic nitrogens is 1. The molecule has 0 spiro atoms. The normalized spacial score (nSPS) is 17.7. The molecule has 31 heavy (non-hydrogen) atoms. The van der Waals surface area contributed by atoms with E-state index in [2.05, 4.69) is 4.90 Å². The molecule has 0 radical (unpaired) electrons. The Labute approximate surface area is 182 Å². The number of aryl methyl sites for hydroxylation is 1. The van der Waals surface area contributed by atoms with Crippen molar-refractivity contribution in [1.82, 2.24) is 14.4 Å². The van der Waals surface area contributed by atoms with Crippen LogP contribution in [0.2, 0.25) is 0 Å². The number of carbonyl (C=O) groups excluding carboxylic acids is 2. The third kappa shape index (κ3) is 4.58. The van der Waals surface area contributed by atoms with E-state index in [1.807, 2.05) is 29.4 Å². The molecule has 2 fully saturated rings. The number of Topliss-reactive ketones (excluding diaryl/α,β-unsaturated/α-hetero) is 1. The van der Waals surface area contributed by atoms with Gasteiger partial charge in [-0.05, 0) is 57.0 Å². The first-order valence-corrected chi connectivity index (χ1v) is 12.1. The Balaban J connectivity index is 1.44. The van der Waals surface area contributed by atoms with Crippen molar-refractivity contribution in [3.8, 4) is 5.69 Å². The van der Waals surface area contributed by atoms with E-state index in [1.54, 1.807) is 12.1 Å². The molecule has 4 rings (SSSR count). The highest BCUT2D eigenvalue weighted by Gasteiger charge is 2.34. The van der Waals surface area contributed by atoms with Gasteiger partial charge in [0.2, 0.25) is 15.9 Å². The van der Waals surface area contributed by atoms with Crippen LogP contribution in [0, 0.1) is 19.8 Å². The number of nitrogens with zero attached hydrogens (tertiary/aromatic N) is 3. The van der Waals surface area contributed by atoms with Crippen LogP contribution < -0.4 is 5.14 Å². The summed E-state index contributed by atoms with van der Waals surface area (Å²) in [5, 5.41) is 5.18. The zero-order chi connectivity index (χ0) is 22.3. The predicted molar refractivity (Wildman–Crippen MR) is 117 cm³/mol. The van der Waals surface area contributed by atoms with Gasteiger partial charge in [0, 0.05) is 54.7 Å². The zero-order valence-electron chi connectivity index (χ0n) is 17.9. The smallest absolute Gasteiger partial charge is 0.238 e. The van der Waals surface area contributed by atoms with Gasteiger partial charge >= 0.3 is 0 Å². The summed E-state index contributed by atoms with van der Waals surface area (Å²) in [4.78, 5) is 29.3. The molecule has 1 aromatic carbocycles. The third-order valence-electron chi connectivity index (χ3n) is 6.13. The van der Waals surface area contributed by atoms with Crippen molar-refractivity contribution < 1.29 is 18.0 Å². The lowest BCUT2D eigenvalue weighted by atomic mass is 10.1. The summed E-state index contributed by atoms with van der Waals surface area (Å²) in [5.74, 6) is 0.544. The summed E-state index contributed by atoms with van der Waals surface area (Å²) < 4.78 is 24.9. The number of primary sulfonamides is 1. The zero-order valence-corrected chi connectivity index (χ0v) is 18.7. The Bertz CT molecular complexity index is 1110. The quantitative estimate of drug-likeness (QED) is 0.680. The minimum absolute atomic E-state index is 0.0440. The van der Waals surface area contributed by atoms with Crippen molar-refractivity contribution in [2.75, 3.05) is 32.7 Å². The molecule has 9 heteroatoms. The third-order valence-corrected chi connectivity index (χ3v) is 7.06. The standard InChI is InChI=1S/C22H28N4O4S/c1-15-13-20(16(2)26(15)18-5-7-19(8-6-18)31(23,29)30)21(27)14-24-9-11-25(12-10-24)22(28)17-3-4-17/h5-8,13,17H,3-4,9-12,14H2,1-2H3,(H2,23,29,30). The number of rotatable bonds is 6. The first-order valence-electron chi connectivity index (χ1n) is 10.5. The molecule has 0 unspecified atom stereocenters. The molecule has 166 valence electrons. The molecular formula is C22H28N4O4S. The van der Waals surface area contributed by atoms with E-state index >= 15 is 0 Å². The summed E-state index contributed by atoms with van der Waals surface area (Å²) in [6, 6.07) is 8.17. The number of benzene rings is 1. The fourth-order valence-electron chi connectivity index (χ4n) is 4.23. The van der Waals surface area contributed by atoms with Crippen LogP contribution in [0.5, 0.6) is 0 Å². The summed E-state index contributed by atoms with van der Waals surface area (Å²) in [7, 11) is -3.75. The second-order valence-electron chi connectivity index (χ2n) is 8.46. The topological polar surface area (TPSA) is 106 Å². The monoisotopic (exact) mass is 444 g/mol. The Morgan fingerprint density at radius 3 is 2.19 bits per heavy atom. The van der Waals surface area contributed by atoms with Gasteiger partial charge in [0.1, 0.15) is 0 Å². The van der Waals surface area contributed by atoms with Gasteiger partial charge in [-0.15, -0.1) is 0 Å². The molecule has 1 aromatic heterocycles. The van der Waals surface area contributed by atoms with Crippen LogP contribution >= 0.6 is 0 Å². The molecule has 2 aliphatic rings. The van der Waals surface area contributed by atoms with Crippen LogP contribution in [0.25, 0.3) is 5.69 Å². The summed E-state index contributed by atoms with van der Waals surface area (Å²) in [6.45, 7) is 6.89. The molecule has 2 heterocycles. The van der Waals surface area contributed by atoms with E-state index in [4.69, 9.17) is 5.14 Å². The second kappa shape index (κ2) is 8.22. The lowest BCUT2D eigenvalue weighted by molar-refractivity contribution is -0.134. The van der Waals surface area contributed by atoms with Gasteiger partial charge in [-0.2, -0.15) is 0 Å². The number of nitrogens with two attached hydrogens (primary N) is 1. The van der Waals surface area contributed by atoms with Gasteiger partial charge in [0.15, 0.2) is 5.78 Å². The fraction of sp³-hybridized carbons (Fsp3) is 0.455. The van der Waals surface area contributed by atoms with E-state index in [9.17, 15) is 18.0 Å². The van der Waals surface area contributed by atoms with Crippen molar-refractivity contribution >= 4 is 21.7 Å². The van der Waals surface area contributed by atoms with Gasteiger partial charge in [-0.1, -0.05) is 0 Å². The summed E-state index contributed by atoms with van der Waals surface area (Å²) >= 11 is 0. The molecule has 1 amide bonds. The highest BCUT2D eigenvalue weighted by atomic mass is 32.2. The highest BCUT2D eigenvalue weighted by molar-refractivity contribution is 7.89. The highest BCUT2D eigenvalue weighted by Crippen LogP contribution is 2.31. The molecule has 2 aromatic rings. The Morgan fingerprint density at radius 1 is 1.03 bits per heavy atom. The van der Waals surface area contributed by atoms with E-state index in [-0.39, 0.29) is 22.5 Å². The molecule has 0 atom stereocenters. The summed E-state index contributed by atoms with van der Waals surface area (Å²) in [6.07, 6.45) is 2.02. The summed E-state index contributed by atoms with van der Waals surface area (Å²) in [5.41, 5.74) is 3.13. The van der Waals surface area contributed by atoms with E-state index in [0.29, 0.717) is 38.3 Å². The average Bonchev–Trinajstić information content (AvgIpc) is 3.53. The molecular weight excluding hydrogens is 416 g/mol. The number of hydrogen-bond donors (Lipinski definition) is 1. The maximum Gasteiger partial charge on any atom is 0.238 e. The van der Waals surface area contributed by atoms with Gasteiger partial charge in [-0.3, -0.25) is 14.5 Å². The molecule has 0 bridgehead atoms. The fourth-order valence-corrected chi connectivity index (χ4v) is 4.75. The molecule has 1 saturated heterocycles. The van der Waals surface area contributed by atoms with Gasteiger partial charge in [0.05, 0.1) is 11.4 Å². The molecule has 1 saturated carbocycles. The first kappa shape index (κ1) is 21.7. The van der Waals surface area contributed by atoms with Gasteiger partial charge in [-0.25, -0.2) is 13.6 Å². The maximum absolute atomic E-state index is 13.0. The van der Waals surface area contributed by atoms with Crippen LogP contribution in [0.1, 0.15) is 34.6 Å². The Kier molecular flexibility index (Phi) is 5.76. The predicted octanol–water partition coefficient (Wildman–Crippen LogP) is 1.48. The van der Waals surface area contributed by atoms with Crippen molar-refractivity contribution in [3.63, 3.8) is 0 Å². The van der Waals surface area contributed by atoms with Gasteiger partial charge < -0.3 is 9.47 Å².